The van der Waals surface area contributed by atoms with E-state index in [1.54, 1.807) is 0 Å². The van der Waals surface area contributed by atoms with Gasteiger partial charge in [0.05, 0.1) is 0 Å². The summed E-state index contributed by atoms with van der Waals surface area (Å²) in [5.74, 6) is 1.58. The summed E-state index contributed by atoms with van der Waals surface area (Å²) in [6.07, 6.45) is 1.18. The smallest absolute Gasteiger partial charge is 0.0167 e. The maximum atomic E-state index is 2.34. The minimum atomic E-state index is 0.458. The second kappa shape index (κ2) is 6.04. The van der Waals surface area contributed by atoms with Crippen LogP contribution in [0.3, 0.4) is 0 Å². The van der Waals surface area contributed by atoms with Crippen molar-refractivity contribution in [1.29, 1.82) is 0 Å². The van der Waals surface area contributed by atoms with Crippen LogP contribution >= 0.6 is 0 Å². The van der Waals surface area contributed by atoms with Crippen LogP contribution in [-0.4, -0.2) is 0 Å². The van der Waals surface area contributed by atoms with Gasteiger partial charge in [0.15, 0.2) is 0 Å². The fourth-order valence-electron chi connectivity index (χ4n) is 4.37. The Labute approximate surface area is 138 Å². The van der Waals surface area contributed by atoms with Gasteiger partial charge in [-0.1, -0.05) is 91.9 Å². The first-order valence-corrected chi connectivity index (χ1v) is 8.59. The Morgan fingerprint density at radius 3 is 1.74 bits per heavy atom. The van der Waals surface area contributed by atoms with E-state index in [1.165, 1.54) is 28.7 Å². The minimum Gasteiger partial charge on any atom is -0.0648 e. The summed E-state index contributed by atoms with van der Waals surface area (Å²) in [6.45, 7) is 2.32. The molecule has 0 saturated heterocycles. The van der Waals surface area contributed by atoms with E-state index in [4.69, 9.17) is 0 Å². The van der Waals surface area contributed by atoms with E-state index in [2.05, 4.69) is 91.9 Å². The van der Waals surface area contributed by atoms with Gasteiger partial charge in [-0.25, -0.2) is 0 Å². The van der Waals surface area contributed by atoms with Crippen LogP contribution < -0.4 is 0 Å². The normalized spacial score (nSPS) is 22.7. The summed E-state index contributed by atoms with van der Waals surface area (Å²) in [6, 6.07) is 31.1. The molecule has 0 bridgehead atoms. The van der Waals surface area contributed by atoms with Crippen LogP contribution in [-0.2, 0) is 0 Å². The largest absolute Gasteiger partial charge is 0.0648 e. The van der Waals surface area contributed by atoms with Gasteiger partial charge in [0.1, 0.15) is 0 Å². The predicted octanol–water partition coefficient (Wildman–Crippen LogP) is 6.11. The Morgan fingerprint density at radius 1 is 0.609 bits per heavy atom. The molecule has 1 aliphatic carbocycles. The number of fused-ring (bicyclic) bond motifs is 1. The molecule has 0 nitrogen and oxygen atoms in total. The molecule has 3 atom stereocenters. The summed E-state index contributed by atoms with van der Waals surface area (Å²) in [5, 5.41) is 0. The molecule has 0 fully saturated rings. The first-order valence-electron chi connectivity index (χ1n) is 8.59. The van der Waals surface area contributed by atoms with Gasteiger partial charge < -0.3 is 0 Å². The summed E-state index contributed by atoms with van der Waals surface area (Å²) < 4.78 is 0. The number of hydrogen-bond donors (Lipinski definition) is 0. The van der Waals surface area contributed by atoms with Crippen LogP contribution in [0.2, 0.25) is 0 Å². The van der Waals surface area contributed by atoms with E-state index in [0.717, 1.165) is 0 Å². The van der Waals surface area contributed by atoms with Crippen molar-refractivity contribution < 1.29 is 0 Å². The Kier molecular flexibility index (Phi) is 3.75. The lowest BCUT2D eigenvalue weighted by atomic mass is 9.77. The summed E-state index contributed by atoms with van der Waals surface area (Å²) in [7, 11) is 0. The quantitative estimate of drug-likeness (QED) is 0.547. The van der Waals surface area contributed by atoms with E-state index >= 15 is 0 Å². The molecule has 3 aromatic carbocycles. The van der Waals surface area contributed by atoms with Crippen LogP contribution in [0.25, 0.3) is 0 Å². The highest BCUT2D eigenvalue weighted by molar-refractivity contribution is 5.50. The molecule has 0 aliphatic heterocycles. The van der Waals surface area contributed by atoms with Gasteiger partial charge in [-0.05, 0) is 34.6 Å². The topological polar surface area (TPSA) is 0 Å². The van der Waals surface area contributed by atoms with Gasteiger partial charge in [0.25, 0.3) is 0 Å². The molecule has 0 amide bonds. The molecular formula is C23H22. The summed E-state index contributed by atoms with van der Waals surface area (Å²) in [5.41, 5.74) is 5.95. The summed E-state index contributed by atoms with van der Waals surface area (Å²) in [4.78, 5) is 0. The third kappa shape index (κ3) is 2.39. The molecule has 0 heteroatoms. The van der Waals surface area contributed by atoms with E-state index in [-0.39, 0.29) is 0 Å². The van der Waals surface area contributed by atoms with Crippen molar-refractivity contribution in [3.8, 4) is 0 Å². The third-order valence-electron chi connectivity index (χ3n) is 5.31. The van der Waals surface area contributed by atoms with Crippen molar-refractivity contribution in [2.45, 2.75) is 31.1 Å². The number of rotatable bonds is 3. The van der Waals surface area contributed by atoms with Crippen LogP contribution in [0.5, 0.6) is 0 Å². The molecule has 0 N–H and O–H groups in total. The average molecular weight is 298 g/mol. The SMILES string of the molecule is CCC1c2ccccc2C(c2ccccc2)C1c1ccccc1. The van der Waals surface area contributed by atoms with Crippen LogP contribution in [0.15, 0.2) is 84.9 Å². The highest BCUT2D eigenvalue weighted by Gasteiger charge is 2.40. The van der Waals surface area contributed by atoms with Gasteiger partial charge in [-0.3, -0.25) is 0 Å². The highest BCUT2D eigenvalue weighted by atomic mass is 14.4. The second-order valence-corrected chi connectivity index (χ2v) is 6.47. The van der Waals surface area contributed by atoms with Gasteiger partial charge in [0, 0.05) is 11.8 Å². The molecule has 0 heterocycles. The third-order valence-corrected chi connectivity index (χ3v) is 5.31. The first-order chi connectivity index (χ1) is 11.4. The van der Waals surface area contributed by atoms with Crippen LogP contribution in [0, 0.1) is 0 Å². The lowest BCUT2D eigenvalue weighted by molar-refractivity contribution is 0.527. The van der Waals surface area contributed by atoms with Crippen molar-refractivity contribution in [2.24, 2.45) is 0 Å². The zero-order valence-corrected chi connectivity index (χ0v) is 13.5. The van der Waals surface area contributed by atoms with Crippen molar-refractivity contribution in [1.82, 2.24) is 0 Å². The monoisotopic (exact) mass is 298 g/mol. The number of benzene rings is 3. The van der Waals surface area contributed by atoms with Crippen molar-refractivity contribution in [3.63, 3.8) is 0 Å². The maximum Gasteiger partial charge on any atom is 0.0167 e. The minimum absolute atomic E-state index is 0.458. The fraction of sp³-hybridized carbons (Fsp3) is 0.217. The molecule has 23 heavy (non-hydrogen) atoms. The Morgan fingerprint density at radius 2 is 1.13 bits per heavy atom. The lowest BCUT2D eigenvalue weighted by Crippen LogP contribution is -2.11. The van der Waals surface area contributed by atoms with Crippen molar-refractivity contribution in [3.05, 3.63) is 107 Å². The predicted molar refractivity (Wildman–Crippen MR) is 96.9 cm³/mol. The van der Waals surface area contributed by atoms with Gasteiger partial charge in [-0.15, -0.1) is 0 Å². The molecule has 0 aromatic heterocycles. The molecule has 3 unspecified atom stereocenters. The zero-order valence-electron chi connectivity index (χ0n) is 13.5. The second-order valence-electron chi connectivity index (χ2n) is 6.47. The van der Waals surface area contributed by atoms with Crippen molar-refractivity contribution in [2.75, 3.05) is 0 Å². The molecular weight excluding hydrogens is 276 g/mol. The highest BCUT2D eigenvalue weighted by Crippen LogP contribution is 2.55. The molecule has 114 valence electrons. The first kappa shape index (κ1) is 14.3. The maximum absolute atomic E-state index is 2.34. The van der Waals surface area contributed by atoms with Crippen molar-refractivity contribution >= 4 is 0 Å². The van der Waals surface area contributed by atoms with Gasteiger partial charge in [0.2, 0.25) is 0 Å². The molecule has 0 radical (unpaired) electrons. The van der Waals surface area contributed by atoms with E-state index in [1.807, 2.05) is 0 Å². The zero-order chi connectivity index (χ0) is 15.6. The molecule has 4 rings (SSSR count). The average Bonchev–Trinajstić information content (AvgIpc) is 2.97. The lowest BCUT2D eigenvalue weighted by Gasteiger charge is -2.26. The Bertz CT molecular complexity index is 773. The molecule has 0 spiro atoms. The molecule has 1 aliphatic rings. The fourth-order valence-corrected chi connectivity index (χ4v) is 4.37. The van der Waals surface area contributed by atoms with Crippen LogP contribution in [0.4, 0.5) is 0 Å². The van der Waals surface area contributed by atoms with E-state index < -0.39 is 0 Å². The summed E-state index contributed by atoms with van der Waals surface area (Å²) >= 11 is 0. The molecule has 3 aromatic rings. The van der Waals surface area contributed by atoms with E-state index in [0.29, 0.717) is 17.8 Å². The standard InChI is InChI=1S/C23H22/c1-2-19-20-15-9-10-16-21(20)23(18-13-7-4-8-14-18)22(19)17-11-5-3-6-12-17/h3-16,19,22-23H,2H2,1H3. The van der Waals surface area contributed by atoms with Gasteiger partial charge in [-0.2, -0.15) is 0 Å². The van der Waals surface area contributed by atoms with E-state index in [9.17, 15) is 0 Å². The van der Waals surface area contributed by atoms with Gasteiger partial charge >= 0.3 is 0 Å². The number of hydrogen-bond acceptors (Lipinski definition) is 0. The molecule has 0 saturated carbocycles. The Balaban J connectivity index is 1.91. The van der Waals surface area contributed by atoms with Crippen LogP contribution in [0.1, 0.15) is 53.4 Å². The Hall–Kier alpha value is -2.34.